The summed E-state index contributed by atoms with van der Waals surface area (Å²) < 4.78 is 11.5. The van der Waals surface area contributed by atoms with Crippen LogP contribution in [0.15, 0.2) is 10.7 Å². The summed E-state index contributed by atoms with van der Waals surface area (Å²) in [7, 11) is 0. The van der Waals surface area contributed by atoms with Crippen LogP contribution in [0.5, 0.6) is 0 Å². The number of allylic oxidation sites excluding steroid dienone is 2. The van der Waals surface area contributed by atoms with Crippen molar-refractivity contribution in [3.8, 4) is 0 Å². The highest BCUT2D eigenvalue weighted by Crippen LogP contribution is 2.46. The molecule has 0 saturated carbocycles. The van der Waals surface area contributed by atoms with Gasteiger partial charge in [0.15, 0.2) is 5.78 Å². The van der Waals surface area contributed by atoms with Gasteiger partial charge >= 0.3 is 0 Å². The first kappa shape index (κ1) is 15.3. The molecule has 2 N–H and O–H groups in total. The molecule has 0 amide bonds. The Labute approximate surface area is 128 Å². The first-order valence-electron chi connectivity index (χ1n) is 7.49. The minimum absolute atomic E-state index is 0.0821. The summed E-state index contributed by atoms with van der Waals surface area (Å²) in [5.41, 5.74) is 0. The van der Waals surface area contributed by atoms with E-state index < -0.39 is 29.9 Å². The number of carbonyl (C=O) groups excluding carboxylic acids is 1. The first-order chi connectivity index (χ1) is 9.88. The lowest BCUT2D eigenvalue weighted by Gasteiger charge is -2.45. The van der Waals surface area contributed by atoms with Crippen molar-refractivity contribution >= 4 is 17.5 Å². The molecule has 0 radical (unpaired) electrons. The predicted octanol–water partition coefficient (Wildman–Crippen LogP) is 1.43. The zero-order valence-electron chi connectivity index (χ0n) is 12.5. The van der Waals surface area contributed by atoms with Gasteiger partial charge in [0.1, 0.15) is 23.2 Å². The van der Waals surface area contributed by atoms with E-state index in [1.54, 1.807) is 6.92 Å². The average Bonchev–Trinajstić information content (AvgIpc) is 2.43. The van der Waals surface area contributed by atoms with Gasteiger partial charge in [0.2, 0.25) is 6.29 Å². The van der Waals surface area contributed by atoms with E-state index in [0.29, 0.717) is 28.9 Å². The molecular formula is C15H22O5S. The number of aliphatic hydroxyl groups is 2. The van der Waals surface area contributed by atoms with Gasteiger partial charge in [-0.05, 0) is 18.8 Å². The number of thioether (sulfide) groups is 1. The molecule has 3 aliphatic rings. The normalized spacial score (nSPS) is 43.4. The molecule has 0 bridgehead atoms. The number of rotatable bonds is 1. The Kier molecular flexibility index (Phi) is 4.07. The van der Waals surface area contributed by atoms with Crippen molar-refractivity contribution in [1.82, 2.24) is 0 Å². The highest BCUT2D eigenvalue weighted by atomic mass is 32.2. The molecule has 3 rings (SSSR count). The molecule has 6 heteroatoms. The molecule has 1 saturated heterocycles. The molecule has 6 atom stereocenters. The number of ether oxygens (including phenoxy) is 2. The topological polar surface area (TPSA) is 76.0 Å². The smallest absolute Gasteiger partial charge is 0.214 e. The molecule has 0 spiro atoms. The third-order valence-corrected chi connectivity index (χ3v) is 6.11. The van der Waals surface area contributed by atoms with Crippen molar-refractivity contribution < 1.29 is 24.5 Å². The summed E-state index contributed by atoms with van der Waals surface area (Å²) in [6, 6.07) is 0. The van der Waals surface area contributed by atoms with E-state index in [0.717, 1.165) is 6.42 Å². The molecular weight excluding hydrogens is 292 g/mol. The van der Waals surface area contributed by atoms with Gasteiger partial charge in [0.25, 0.3) is 0 Å². The predicted molar refractivity (Wildman–Crippen MR) is 78.4 cm³/mol. The Morgan fingerprint density at radius 1 is 1.24 bits per heavy atom. The second-order valence-corrected chi connectivity index (χ2v) is 7.67. The number of ketones is 1. The minimum atomic E-state index is -0.952. The number of fused-ring (bicyclic) bond motifs is 1. The zero-order valence-corrected chi connectivity index (χ0v) is 13.3. The molecule has 2 aliphatic heterocycles. The maximum atomic E-state index is 12.3. The summed E-state index contributed by atoms with van der Waals surface area (Å²) in [5.74, 6) is 1.50. The molecule has 21 heavy (non-hydrogen) atoms. The lowest BCUT2D eigenvalue weighted by molar-refractivity contribution is -0.231. The van der Waals surface area contributed by atoms with Gasteiger partial charge in [-0.3, -0.25) is 4.79 Å². The maximum absolute atomic E-state index is 12.3. The van der Waals surface area contributed by atoms with Gasteiger partial charge in [0.05, 0.1) is 11.0 Å². The van der Waals surface area contributed by atoms with Gasteiger partial charge in [-0.2, -0.15) is 0 Å². The van der Waals surface area contributed by atoms with E-state index >= 15 is 0 Å². The molecule has 0 aromatic carbocycles. The second kappa shape index (κ2) is 5.57. The van der Waals surface area contributed by atoms with Crippen molar-refractivity contribution in [3.63, 3.8) is 0 Å². The van der Waals surface area contributed by atoms with Crippen molar-refractivity contribution in [2.75, 3.05) is 0 Å². The van der Waals surface area contributed by atoms with Crippen LogP contribution in [-0.2, 0) is 14.3 Å². The third-order valence-electron chi connectivity index (χ3n) is 4.64. The second-order valence-electron chi connectivity index (χ2n) is 6.48. The van der Waals surface area contributed by atoms with Crippen LogP contribution < -0.4 is 0 Å². The molecule has 118 valence electrons. The minimum Gasteiger partial charge on any atom is -0.467 e. The van der Waals surface area contributed by atoms with Gasteiger partial charge in [-0.1, -0.05) is 13.8 Å². The molecule has 5 unspecified atom stereocenters. The van der Waals surface area contributed by atoms with Crippen molar-refractivity contribution in [3.05, 3.63) is 10.7 Å². The Morgan fingerprint density at radius 2 is 1.95 bits per heavy atom. The van der Waals surface area contributed by atoms with Crippen LogP contribution in [-0.4, -0.2) is 45.8 Å². The lowest BCUT2D eigenvalue weighted by atomic mass is 9.83. The lowest BCUT2D eigenvalue weighted by Crippen LogP contribution is -2.57. The summed E-state index contributed by atoms with van der Waals surface area (Å²) in [6.07, 6.45) is -1.71. The average molecular weight is 314 g/mol. The largest absolute Gasteiger partial charge is 0.467 e. The fourth-order valence-electron chi connectivity index (χ4n) is 3.09. The highest BCUT2D eigenvalue weighted by molar-refractivity contribution is 8.04. The third kappa shape index (κ3) is 2.63. The number of aliphatic hydroxyl groups excluding tert-OH is 2. The van der Waals surface area contributed by atoms with Crippen molar-refractivity contribution in [2.45, 2.75) is 63.5 Å². The Bertz CT molecular complexity index is 475. The number of hydrogen-bond acceptors (Lipinski definition) is 6. The van der Waals surface area contributed by atoms with Crippen LogP contribution in [0.4, 0.5) is 0 Å². The molecule has 5 nitrogen and oxygen atoms in total. The fourth-order valence-corrected chi connectivity index (χ4v) is 4.37. The van der Waals surface area contributed by atoms with Crippen LogP contribution in [0.2, 0.25) is 0 Å². The number of carbonyl (C=O) groups is 1. The van der Waals surface area contributed by atoms with E-state index in [1.807, 2.05) is 0 Å². The molecule has 0 aromatic heterocycles. The molecule has 2 heterocycles. The molecule has 1 aliphatic carbocycles. The van der Waals surface area contributed by atoms with Gasteiger partial charge in [-0.15, -0.1) is 11.8 Å². The fraction of sp³-hybridized carbons (Fsp3) is 0.800. The highest BCUT2D eigenvalue weighted by Gasteiger charge is 2.49. The monoisotopic (exact) mass is 314 g/mol. The maximum Gasteiger partial charge on any atom is 0.214 e. The van der Waals surface area contributed by atoms with E-state index in [9.17, 15) is 15.0 Å². The van der Waals surface area contributed by atoms with E-state index in [-0.39, 0.29) is 5.78 Å². The molecule has 1 fully saturated rings. The molecule has 0 aromatic rings. The summed E-state index contributed by atoms with van der Waals surface area (Å²) >= 11 is 1.31. The van der Waals surface area contributed by atoms with Crippen LogP contribution in [0.25, 0.3) is 0 Å². The van der Waals surface area contributed by atoms with Crippen molar-refractivity contribution in [2.24, 2.45) is 11.8 Å². The van der Waals surface area contributed by atoms with Crippen LogP contribution in [0.3, 0.4) is 0 Å². The van der Waals surface area contributed by atoms with Gasteiger partial charge in [-0.25, -0.2) is 0 Å². The Morgan fingerprint density at radius 3 is 2.62 bits per heavy atom. The quantitative estimate of drug-likeness (QED) is 0.762. The summed E-state index contributed by atoms with van der Waals surface area (Å²) in [6.45, 7) is 5.94. The SMILES string of the molecule is CC(C)C1CC(=O)C2=C(C1)OC1O[C@H](C)C(O)C(O)C1S2. The van der Waals surface area contributed by atoms with E-state index in [4.69, 9.17) is 9.47 Å². The number of Topliss-reactive ketones (excluding diaryl/α,β-unsaturated/α-hetero) is 1. The van der Waals surface area contributed by atoms with E-state index in [2.05, 4.69) is 13.8 Å². The first-order valence-corrected chi connectivity index (χ1v) is 8.37. The van der Waals surface area contributed by atoms with Crippen LogP contribution >= 0.6 is 11.8 Å². The standard InChI is InChI=1S/C15H22O5S/c1-6(2)8-4-9(16)13-10(5-8)20-15-14(21-13)12(18)11(17)7(3)19-15/h6-8,11-12,14-15,17-18H,4-5H2,1-3H3/t7-,8?,11?,12?,14?,15?/m1/s1. The van der Waals surface area contributed by atoms with E-state index in [1.165, 1.54) is 11.8 Å². The van der Waals surface area contributed by atoms with Crippen molar-refractivity contribution in [1.29, 1.82) is 0 Å². The van der Waals surface area contributed by atoms with Crippen LogP contribution in [0.1, 0.15) is 33.6 Å². The van der Waals surface area contributed by atoms with Gasteiger partial charge in [0, 0.05) is 12.8 Å². The zero-order chi connectivity index (χ0) is 15.3. The Hall–Kier alpha value is -0.560. The summed E-state index contributed by atoms with van der Waals surface area (Å²) in [4.78, 5) is 12.9. The number of hydrogen-bond donors (Lipinski definition) is 2. The Balaban J connectivity index is 1.85. The summed E-state index contributed by atoms with van der Waals surface area (Å²) in [5, 5.41) is 19.7. The van der Waals surface area contributed by atoms with Gasteiger partial charge < -0.3 is 19.7 Å². The van der Waals surface area contributed by atoms with Crippen LogP contribution in [0, 0.1) is 11.8 Å².